The highest BCUT2D eigenvalue weighted by Crippen LogP contribution is 2.32. The van der Waals surface area contributed by atoms with Crippen molar-refractivity contribution in [1.82, 2.24) is 19.6 Å². The highest BCUT2D eigenvalue weighted by atomic mass is 19.3. The van der Waals surface area contributed by atoms with E-state index in [1.807, 2.05) is 36.2 Å². The molecule has 0 N–H and O–H groups in total. The predicted octanol–water partition coefficient (Wildman–Crippen LogP) is 2.46. The minimum Gasteiger partial charge on any atom is -0.340 e. The van der Waals surface area contributed by atoms with Gasteiger partial charge in [0.25, 0.3) is 5.92 Å². The summed E-state index contributed by atoms with van der Waals surface area (Å²) >= 11 is 0. The summed E-state index contributed by atoms with van der Waals surface area (Å²) in [5.74, 6) is -2.93. The zero-order valence-electron chi connectivity index (χ0n) is 15.9. The van der Waals surface area contributed by atoms with Crippen molar-refractivity contribution in [1.29, 1.82) is 0 Å². The van der Waals surface area contributed by atoms with Crippen LogP contribution < -0.4 is 0 Å². The highest BCUT2D eigenvalue weighted by molar-refractivity contribution is 5.79. The Morgan fingerprint density at radius 1 is 1.07 bits per heavy atom. The zero-order valence-corrected chi connectivity index (χ0v) is 15.9. The summed E-state index contributed by atoms with van der Waals surface area (Å²) in [7, 11) is 3.66. The van der Waals surface area contributed by atoms with E-state index >= 15 is 0 Å². The van der Waals surface area contributed by atoms with E-state index in [-0.39, 0.29) is 30.9 Å². The van der Waals surface area contributed by atoms with E-state index in [2.05, 4.69) is 10.00 Å². The van der Waals surface area contributed by atoms with Crippen LogP contribution in [0, 0.1) is 0 Å². The molecule has 0 bridgehead atoms. The van der Waals surface area contributed by atoms with Crippen molar-refractivity contribution in [3.63, 3.8) is 0 Å². The van der Waals surface area contributed by atoms with Crippen LogP contribution in [0.3, 0.4) is 0 Å². The molecule has 2 aromatic rings. The van der Waals surface area contributed by atoms with Crippen LogP contribution in [0.15, 0.2) is 36.5 Å². The van der Waals surface area contributed by atoms with Gasteiger partial charge < -0.3 is 9.80 Å². The Kier molecular flexibility index (Phi) is 5.89. The molecule has 5 nitrogen and oxygen atoms in total. The maximum atomic E-state index is 14.4. The smallest absolute Gasteiger partial charge is 0.291 e. The molecule has 7 heteroatoms. The van der Waals surface area contributed by atoms with E-state index < -0.39 is 5.92 Å². The van der Waals surface area contributed by atoms with Gasteiger partial charge in [-0.15, -0.1) is 0 Å². The molecule has 0 unspecified atom stereocenters. The van der Waals surface area contributed by atoms with Crippen LogP contribution in [0.4, 0.5) is 8.78 Å². The van der Waals surface area contributed by atoms with Gasteiger partial charge in [-0.05, 0) is 30.7 Å². The van der Waals surface area contributed by atoms with Gasteiger partial charge in [0, 0.05) is 45.8 Å². The monoisotopic (exact) mass is 376 g/mol. The molecule has 0 radical (unpaired) electrons. The number of alkyl halides is 2. The molecule has 0 spiro atoms. The minimum atomic E-state index is -2.99. The van der Waals surface area contributed by atoms with Gasteiger partial charge in [-0.1, -0.05) is 24.3 Å². The Bertz CT molecular complexity index is 782. The SMILES string of the molecule is CN1CCN(C(=O)Cc2ccccc2CCC(F)(F)c2ccn(C)n2)CC1. The Morgan fingerprint density at radius 2 is 1.74 bits per heavy atom. The standard InChI is InChI=1S/C20H26F2N4O/c1-24-11-13-26(14-12-24)19(27)15-17-6-4-3-5-16(17)7-9-20(21,22)18-8-10-25(2)23-18/h3-6,8,10H,7,9,11-15H2,1-2H3. The fraction of sp³-hybridized carbons (Fsp3) is 0.500. The molecule has 1 amide bonds. The first kappa shape index (κ1) is 19.5. The second kappa shape index (κ2) is 8.17. The van der Waals surface area contributed by atoms with Crippen LogP contribution in [0.1, 0.15) is 23.2 Å². The second-order valence-electron chi connectivity index (χ2n) is 7.21. The summed E-state index contributed by atoms with van der Waals surface area (Å²) in [5.41, 5.74) is 1.42. The van der Waals surface area contributed by atoms with Gasteiger partial charge in [0.2, 0.25) is 5.91 Å². The largest absolute Gasteiger partial charge is 0.340 e. The number of carbonyl (C=O) groups is 1. The van der Waals surface area contributed by atoms with Crippen molar-refractivity contribution in [2.75, 3.05) is 33.2 Å². The first-order valence-electron chi connectivity index (χ1n) is 9.26. The summed E-state index contributed by atoms with van der Waals surface area (Å²) in [4.78, 5) is 16.7. The third kappa shape index (κ3) is 4.91. The normalized spacial score (nSPS) is 15.9. The van der Waals surface area contributed by atoms with E-state index in [0.717, 1.165) is 37.3 Å². The highest BCUT2D eigenvalue weighted by Gasteiger charge is 2.34. The van der Waals surface area contributed by atoms with Crippen molar-refractivity contribution in [3.05, 3.63) is 53.3 Å². The molecule has 146 valence electrons. The van der Waals surface area contributed by atoms with E-state index in [0.29, 0.717) is 0 Å². The lowest BCUT2D eigenvalue weighted by atomic mass is 9.97. The van der Waals surface area contributed by atoms with Gasteiger partial charge in [0.05, 0.1) is 6.42 Å². The number of amides is 1. The van der Waals surface area contributed by atoms with Gasteiger partial charge in [-0.25, -0.2) is 0 Å². The van der Waals surface area contributed by atoms with Gasteiger partial charge >= 0.3 is 0 Å². The van der Waals surface area contributed by atoms with Crippen LogP contribution in [0.5, 0.6) is 0 Å². The number of rotatable bonds is 6. The van der Waals surface area contributed by atoms with E-state index in [4.69, 9.17) is 0 Å². The number of piperazine rings is 1. The summed E-state index contributed by atoms with van der Waals surface area (Å²) in [5, 5.41) is 3.83. The number of aromatic nitrogens is 2. The number of carbonyl (C=O) groups excluding carboxylic acids is 1. The Hall–Kier alpha value is -2.28. The fourth-order valence-electron chi connectivity index (χ4n) is 3.33. The molecule has 1 aliphatic rings. The maximum Gasteiger partial charge on any atom is 0.291 e. The minimum absolute atomic E-state index is 0.0621. The lowest BCUT2D eigenvalue weighted by molar-refractivity contribution is -0.132. The lowest BCUT2D eigenvalue weighted by Gasteiger charge is -2.32. The predicted molar refractivity (Wildman–Crippen MR) is 99.6 cm³/mol. The summed E-state index contributed by atoms with van der Waals surface area (Å²) in [6.07, 6.45) is 1.65. The summed E-state index contributed by atoms with van der Waals surface area (Å²) in [6.45, 7) is 3.16. The number of hydrogen-bond acceptors (Lipinski definition) is 3. The summed E-state index contributed by atoms with van der Waals surface area (Å²) < 4.78 is 30.2. The molecule has 1 aliphatic heterocycles. The molecular weight excluding hydrogens is 350 g/mol. The summed E-state index contributed by atoms with van der Waals surface area (Å²) in [6, 6.07) is 8.73. The Labute approximate surface area is 158 Å². The van der Waals surface area contributed by atoms with Gasteiger partial charge in [0.1, 0.15) is 5.69 Å². The molecule has 0 saturated carbocycles. The first-order valence-corrected chi connectivity index (χ1v) is 9.26. The Morgan fingerprint density at radius 3 is 2.37 bits per heavy atom. The first-order chi connectivity index (χ1) is 12.8. The quantitative estimate of drug-likeness (QED) is 0.778. The van der Waals surface area contributed by atoms with Crippen LogP contribution >= 0.6 is 0 Å². The average molecular weight is 376 g/mol. The van der Waals surface area contributed by atoms with Crippen molar-refractivity contribution >= 4 is 5.91 Å². The zero-order chi connectivity index (χ0) is 19.4. The van der Waals surface area contributed by atoms with Crippen LogP contribution in [0.25, 0.3) is 0 Å². The molecule has 2 heterocycles. The Balaban J connectivity index is 1.64. The molecule has 1 aromatic carbocycles. The van der Waals surface area contributed by atoms with Gasteiger partial charge in [-0.2, -0.15) is 13.9 Å². The fourth-order valence-corrected chi connectivity index (χ4v) is 3.33. The third-order valence-electron chi connectivity index (χ3n) is 5.11. The van der Waals surface area contributed by atoms with Crippen molar-refractivity contribution in [2.45, 2.75) is 25.2 Å². The molecule has 27 heavy (non-hydrogen) atoms. The van der Waals surface area contributed by atoms with Gasteiger partial charge in [0.15, 0.2) is 0 Å². The van der Waals surface area contributed by atoms with Gasteiger partial charge in [-0.3, -0.25) is 9.48 Å². The number of benzene rings is 1. The van der Waals surface area contributed by atoms with Crippen molar-refractivity contribution in [2.24, 2.45) is 7.05 Å². The van der Waals surface area contributed by atoms with Crippen LogP contribution in [-0.4, -0.2) is 58.7 Å². The number of hydrogen-bond donors (Lipinski definition) is 0. The average Bonchev–Trinajstić information content (AvgIpc) is 3.09. The lowest BCUT2D eigenvalue weighted by Crippen LogP contribution is -2.47. The van der Waals surface area contributed by atoms with E-state index in [1.165, 1.54) is 16.9 Å². The van der Waals surface area contributed by atoms with Crippen molar-refractivity contribution in [3.8, 4) is 0 Å². The van der Waals surface area contributed by atoms with Crippen LogP contribution in [0.2, 0.25) is 0 Å². The van der Waals surface area contributed by atoms with E-state index in [1.54, 1.807) is 7.05 Å². The molecule has 3 rings (SSSR count). The van der Waals surface area contributed by atoms with Crippen LogP contribution in [-0.2, 0) is 30.6 Å². The van der Waals surface area contributed by atoms with E-state index in [9.17, 15) is 13.6 Å². The number of nitrogens with zero attached hydrogens (tertiary/aromatic N) is 4. The molecule has 0 aliphatic carbocycles. The number of halogens is 2. The second-order valence-corrected chi connectivity index (χ2v) is 7.21. The number of aryl methyl sites for hydroxylation is 2. The third-order valence-corrected chi connectivity index (χ3v) is 5.11. The molecule has 1 fully saturated rings. The topological polar surface area (TPSA) is 41.4 Å². The van der Waals surface area contributed by atoms with Crippen molar-refractivity contribution < 1.29 is 13.6 Å². The number of likely N-dealkylation sites (N-methyl/N-ethyl adjacent to an activating group) is 1. The maximum absolute atomic E-state index is 14.4. The molecular formula is C20H26F2N4O. The molecule has 0 atom stereocenters. The molecule has 1 saturated heterocycles. The molecule has 1 aromatic heterocycles.